The molecule has 0 spiro atoms. The summed E-state index contributed by atoms with van der Waals surface area (Å²) in [6.45, 7) is 6.01. The minimum Gasteiger partial charge on any atom is -0.466 e. The molecule has 0 aliphatic rings. The molecule has 0 aliphatic carbocycles. The molecule has 0 N–H and O–H groups in total. The molecule has 0 unspecified atom stereocenters. The van der Waals surface area contributed by atoms with Gasteiger partial charge in [-0.3, -0.25) is 0 Å². The molecule has 0 saturated heterocycles. The number of fused-ring (bicyclic) bond motifs is 1. The molecule has 0 aromatic carbocycles. The first-order valence-electron chi connectivity index (χ1n) is 5.60. The minimum absolute atomic E-state index is 0.906. The van der Waals surface area contributed by atoms with Crippen molar-refractivity contribution in [2.45, 2.75) is 27.2 Å². The standard InChI is InChI=1S/C12H13N3OS/c1-4-11-14-15-6-10(13-12(15)17-11)9-5-7(2)16-8(9)3/h5-6H,4H2,1-3H3. The maximum absolute atomic E-state index is 5.52. The predicted molar refractivity (Wildman–Crippen MR) is 67.4 cm³/mol. The largest absolute Gasteiger partial charge is 0.466 e. The fraction of sp³-hybridized carbons (Fsp3) is 0.333. The third kappa shape index (κ3) is 1.67. The molecule has 0 saturated carbocycles. The van der Waals surface area contributed by atoms with Crippen molar-refractivity contribution in [3.05, 3.63) is 28.8 Å². The monoisotopic (exact) mass is 247 g/mol. The zero-order valence-electron chi connectivity index (χ0n) is 10.0. The Balaban J connectivity index is 2.12. The summed E-state index contributed by atoms with van der Waals surface area (Å²) in [7, 11) is 0. The summed E-state index contributed by atoms with van der Waals surface area (Å²) in [5.74, 6) is 1.82. The van der Waals surface area contributed by atoms with Gasteiger partial charge in [-0.2, -0.15) is 5.10 Å². The Morgan fingerprint density at radius 1 is 1.41 bits per heavy atom. The third-order valence-corrected chi connectivity index (χ3v) is 3.77. The van der Waals surface area contributed by atoms with E-state index in [-0.39, 0.29) is 0 Å². The van der Waals surface area contributed by atoms with E-state index >= 15 is 0 Å². The summed E-state index contributed by atoms with van der Waals surface area (Å²) in [6, 6.07) is 2.02. The van der Waals surface area contributed by atoms with Crippen LogP contribution in [0.1, 0.15) is 23.5 Å². The summed E-state index contributed by atoms with van der Waals surface area (Å²) in [4.78, 5) is 5.52. The Morgan fingerprint density at radius 3 is 2.82 bits per heavy atom. The van der Waals surface area contributed by atoms with Crippen LogP contribution in [0.15, 0.2) is 16.7 Å². The lowest BCUT2D eigenvalue weighted by Gasteiger charge is -1.90. The van der Waals surface area contributed by atoms with Gasteiger partial charge in [-0.15, -0.1) is 0 Å². The van der Waals surface area contributed by atoms with E-state index in [4.69, 9.17) is 4.42 Å². The van der Waals surface area contributed by atoms with Crippen molar-refractivity contribution in [3.8, 4) is 11.3 Å². The highest BCUT2D eigenvalue weighted by molar-refractivity contribution is 7.16. The van der Waals surface area contributed by atoms with Crippen LogP contribution in [-0.2, 0) is 6.42 Å². The van der Waals surface area contributed by atoms with Gasteiger partial charge in [0.15, 0.2) is 0 Å². The van der Waals surface area contributed by atoms with Gasteiger partial charge in [-0.05, 0) is 26.3 Å². The first-order valence-corrected chi connectivity index (χ1v) is 6.41. The van der Waals surface area contributed by atoms with Crippen LogP contribution in [0.4, 0.5) is 0 Å². The molecule has 0 atom stereocenters. The highest BCUT2D eigenvalue weighted by Crippen LogP contribution is 2.27. The minimum atomic E-state index is 0.906. The molecule has 4 nitrogen and oxygen atoms in total. The number of hydrogen-bond acceptors (Lipinski definition) is 4. The van der Waals surface area contributed by atoms with Gasteiger partial charge in [-0.1, -0.05) is 18.3 Å². The normalized spacial score (nSPS) is 11.5. The van der Waals surface area contributed by atoms with Crippen LogP contribution in [0.3, 0.4) is 0 Å². The summed E-state index contributed by atoms with van der Waals surface area (Å²) < 4.78 is 7.37. The van der Waals surface area contributed by atoms with Crippen LogP contribution in [0, 0.1) is 13.8 Å². The average Bonchev–Trinajstić information content (AvgIpc) is 2.89. The molecule has 3 heterocycles. The molecule has 88 valence electrons. The van der Waals surface area contributed by atoms with E-state index in [1.54, 1.807) is 11.3 Å². The van der Waals surface area contributed by atoms with Crippen molar-refractivity contribution in [1.82, 2.24) is 14.6 Å². The van der Waals surface area contributed by atoms with Gasteiger partial charge >= 0.3 is 0 Å². The highest BCUT2D eigenvalue weighted by Gasteiger charge is 2.13. The Bertz CT molecular complexity index is 646. The Labute approximate surface area is 103 Å². The fourth-order valence-electron chi connectivity index (χ4n) is 1.90. The van der Waals surface area contributed by atoms with E-state index in [2.05, 4.69) is 17.0 Å². The summed E-state index contributed by atoms with van der Waals surface area (Å²) in [5, 5.41) is 5.57. The molecule has 0 amide bonds. The maximum Gasteiger partial charge on any atom is 0.212 e. The van der Waals surface area contributed by atoms with Crippen molar-refractivity contribution in [2.24, 2.45) is 0 Å². The number of aromatic nitrogens is 3. The Morgan fingerprint density at radius 2 is 2.24 bits per heavy atom. The highest BCUT2D eigenvalue weighted by atomic mass is 32.1. The molecule has 0 bridgehead atoms. The SMILES string of the molecule is CCc1nn2cc(-c3cc(C)oc3C)nc2s1. The second-order valence-electron chi connectivity index (χ2n) is 4.03. The van der Waals surface area contributed by atoms with Crippen LogP contribution in [0.25, 0.3) is 16.2 Å². The zero-order valence-corrected chi connectivity index (χ0v) is 10.8. The number of nitrogens with zero attached hydrogens (tertiary/aromatic N) is 3. The molecule has 3 aromatic rings. The lowest BCUT2D eigenvalue weighted by atomic mass is 10.2. The van der Waals surface area contributed by atoms with Crippen molar-refractivity contribution in [1.29, 1.82) is 0 Å². The predicted octanol–water partition coefficient (Wildman–Crippen LogP) is 3.23. The van der Waals surface area contributed by atoms with Crippen LogP contribution in [0.2, 0.25) is 0 Å². The van der Waals surface area contributed by atoms with E-state index in [1.165, 1.54) is 0 Å². The van der Waals surface area contributed by atoms with Crippen molar-refractivity contribution in [2.75, 3.05) is 0 Å². The molecule has 3 aromatic heterocycles. The van der Waals surface area contributed by atoms with Gasteiger partial charge < -0.3 is 4.42 Å². The summed E-state index contributed by atoms with van der Waals surface area (Å²) in [5.41, 5.74) is 1.99. The smallest absolute Gasteiger partial charge is 0.212 e. The zero-order chi connectivity index (χ0) is 12.0. The topological polar surface area (TPSA) is 43.3 Å². The molecule has 3 rings (SSSR count). The van der Waals surface area contributed by atoms with Crippen LogP contribution >= 0.6 is 11.3 Å². The van der Waals surface area contributed by atoms with Gasteiger partial charge in [0, 0.05) is 5.56 Å². The van der Waals surface area contributed by atoms with E-state index in [1.807, 2.05) is 30.6 Å². The van der Waals surface area contributed by atoms with Gasteiger partial charge in [0.05, 0.1) is 11.9 Å². The summed E-state index contributed by atoms with van der Waals surface area (Å²) >= 11 is 1.64. The molecule has 17 heavy (non-hydrogen) atoms. The summed E-state index contributed by atoms with van der Waals surface area (Å²) in [6.07, 6.45) is 2.91. The van der Waals surface area contributed by atoms with Crippen molar-refractivity contribution in [3.63, 3.8) is 0 Å². The quantitative estimate of drug-likeness (QED) is 0.698. The molecular weight excluding hydrogens is 234 g/mol. The molecule has 0 radical (unpaired) electrons. The lowest BCUT2D eigenvalue weighted by molar-refractivity contribution is 0.505. The number of aryl methyl sites for hydroxylation is 3. The van der Waals surface area contributed by atoms with Crippen molar-refractivity contribution < 1.29 is 4.42 Å². The lowest BCUT2D eigenvalue weighted by Crippen LogP contribution is -1.83. The second-order valence-corrected chi connectivity index (χ2v) is 5.07. The maximum atomic E-state index is 5.52. The fourth-order valence-corrected chi connectivity index (χ4v) is 2.71. The van der Waals surface area contributed by atoms with E-state index in [0.29, 0.717) is 0 Å². The first-order chi connectivity index (χ1) is 8.17. The van der Waals surface area contributed by atoms with Crippen LogP contribution < -0.4 is 0 Å². The van der Waals surface area contributed by atoms with E-state index in [0.717, 1.165) is 39.2 Å². The number of imidazole rings is 1. The average molecular weight is 247 g/mol. The number of rotatable bonds is 2. The second kappa shape index (κ2) is 3.70. The van der Waals surface area contributed by atoms with Crippen LogP contribution in [0.5, 0.6) is 0 Å². The number of hydrogen-bond donors (Lipinski definition) is 0. The third-order valence-electron chi connectivity index (χ3n) is 2.70. The van der Waals surface area contributed by atoms with Gasteiger partial charge in [-0.25, -0.2) is 9.50 Å². The van der Waals surface area contributed by atoms with Crippen LogP contribution in [-0.4, -0.2) is 14.6 Å². The molecule has 0 aliphatic heterocycles. The molecule has 0 fully saturated rings. The van der Waals surface area contributed by atoms with Gasteiger partial charge in [0.25, 0.3) is 0 Å². The van der Waals surface area contributed by atoms with Crippen molar-refractivity contribution >= 4 is 16.3 Å². The molecule has 5 heteroatoms. The molecular formula is C12H13N3OS. The van der Waals surface area contributed by atoms with Gasteiger partial charge in [0.2, 0.25) is 4.96 Å². The Kier molecular flexibility index (Phi) is 2.29. The Hall–Kier alpha value is -1.62. The first kappa shape index (κ1) is 10.5. The van der Waals surface area contributed by atoms with E-state index in [9.17, 15) is 0 Å². The number of furan rings is 1. The van der Waals surface area contributed by atoms with Gasteiger partial charge in [0.1, 0.15) is 16.5 Å². The van der Waals surface area contributed by atoms with E-state index < -0.39 is 0 Å².